The summed E-state index contributed by atoms with van der Waals surface area (Å²) in [5.74, 6) is -1.03. The third-order valence-corrected chi connectivity index (χ3v) is 4.40. The molecule has 2 aliphatic heterocycles. The number of urea groups is 1. The molecule has 20 heavy (non-hydrogen) atoms. The fraction of sp³-hybridized carbons (Fsp3) is 0.857. The van der Waals surface area contributed by atoms with Crippen LogP contribution in [0.15, 0.2) is 0 Å². The summed E-state index contributed by atoms with van der Waals surface area (Å²) in [6.45, 7) is 2.88. The number of hydrogen-bond acceptors (Lipinski definition) is 3. The van der Waals surface area contributed by atoms with Crippen molar-refractivity contribution in [3.8, 4) is 0 Å². The highest BCUT2D eigenvalue weighted by molar-refractivity contribution is 5.83. The lowest BCUT2D eigenvalue weighted by Crippen LogP contribution is -2.51. The van der Waals surface area contributed by atoms with Gasteiger partial charge in [-0.3, -0.25) is 0 Å². The maximum absolute atomic E-state index is 12.7. The summed E-state index contributed by atoms with van der Waals surface area (Å²) in [5, 5.41) is 18.9. The highest BCUT2D eigenvalue weighted by Crippen LogP contribution is 2.25. The molecule has 6 heteroatoms. The monoisotopic (exact) mass is 284 g/mol. The molecular weight excluding hydrogens is 260 g/mol. The number of carbonyl (C=O) groups excluding carboxylic acids is 1. The molecule has 2 amide bonds. The molecular formula is C14H24N2O4. The van der Waals surface area contributed by atoms with Gasteiger partial charge in [0.15, 0.2) is 0 Å². The molecule has 2 fully saturated rings. The lowest BCUT2D eigenvalue weighted by molar-refractivity contribution is -0.141. The molecule has 0 radical (unpaired) electrons. The first kappa shape index (κ1) is 15.1. The van der Waals surface area contributed by atoms with E-state index in [2.05, 4.69) is 6.92 Å². The van der Waals surface area contributed by atoms with Crippen LogP contribution >= 0.6 is 0 Å². The van der Waals surface area contributed by atoms with E-state index in [1.165, 1.54) is 4.90 Å². The van der Waals surface area contributed by atoms with Gasteiger partial charge in [-0.25, -0.2) is 9.59 Å². The second kappa shape index (κ2) is 6.43. The Morgan fingerprint density at radius 1 is 1.20 bits per heavy atom. The molecule has 0 bridgehead atoms. The van der Waals surface area contributed by atoms with E-state index in [0.29, 0.717) is 6.54 Å². The zero-order valence-corrected chi connectivity index (χ0v) is 12.0. The quantitative estimate of drug-likeness (QED) is 0.800. The van der Waals surface area contributed by atoms with Crippen molar-refractivity contribution in [1.29, 1.82) is 0 Å². The van der Waals surface area contributed by atoms with Crippen LogP contribution in [0.5, 0.6) is 0 Å². The Morgan fingerprint density at radius 2 is 1.95 bits per heavy atom. The van der Waals surface area contributed by atoms with Crippen LogP contribution in [-0.4, -0.2) is 63.3 Å². The van der Waals surface area contributed by atoms with Gasteiger partial charge in [-0.15, -0.1) is 0 Å². The fourth-order valence-electron chi connectivity index (χ4n) is 3.28. The fourth-order valence-corrected chi connectivity index (χ4v) is 3.28. The van der Waals surface area contributed by atoms with Gasteiger partial charge in [-0.2, -0.15) is 0 Å². The Labute approximate surface area is 119 Å². The van der Waals surface area contributed by atoms with Crippen LogP contribution in [0.3, 0.4) is 0 Å². The standard InChI is InChI=1S/C14H24N2O4/c1-2-10-6-4-3-5-7-15(10)14(20)16-9-11(17)8-12(16)13(18)19/h10-12,17H,2-9H2,1H3,(H,18,19)/t10?,11-,12-/m1/s1. The molecule has 1 unspecified atom stereocenters. The molecule has 0 aromatic heterocycles. The second-order valence-corrected chi connectivity index (χ2v) is 5.78. The molecule has 0 spiro atoms. The van der Waals surface area contributed by atoms with E-state index in [9.17, 15) is 19.8 Å². The summed E-state index contributed by atoms with van der Waals surface area (Å²) in [6, 6.07) is -0.918. The minimum atomic E-state index is -1.03. The lowest BCUT2D eigenvalue weighted by Gasteiger charge is -2.34. The van der Waals surface area contributed by atoms with Crippen molar-refractivity contribution in [2.45, 2.75) is 63.6 Å². The van der Waals surface area contributed by atoms with Crippen LogP contribution in [0.25, 0.3) is 0 Å². The third kappa shape index (κ3) is 3.06. The summed E-state index contributed by atoms with van der Waals surface area (Å²) in [7, 11) is 0. The van der Waals surface area contributed by atoms with Crippen molar-refractivity contribution in [1.82, 2.24) is 9.80 Å². The van der Waals surface area contributed by atoms with E-state index in [-0.39, 0.29) is 25.0 Å². The molecule has 2 saturated heterocycles. The summed E-state index contributed by atoms with van der Waals surface area (Å²) >= 11 is 0. The van der Waals surface area contributed by atoms with Crippen LogP contribution in [0.2, 0.25) is 0 Å². The molecule has 2 aliphatic rings. The maximum atomic E-state index is 12.7. The predicted molar refractivity (Wildman–Crippen MR) is 73.4 cm³/mol. The number of aliphatic hydroxyl groups excluding tert-OH is 1. The smallest absolute Gasteiger partial charge is 0.326 e. The van der Waals surface area contributed by atoms with E-state index in [0.717, 1.165) is 32.1 Å². The molecule has 0 saturated carbocycles. The Morgan fingerprint density at radius 3 is 2.60 bits per heavy atom. The Kier molecular flexibility index (Phi) is 4.86. The number of carboxylic acids is 1. The van der Waals surface area contributed by atoms with Crippen LogP contribution in [0, 0.1) is 0 Å². The topological polar surface area (TPSA) is 81.1 Å². The molecule has 0 aromatic carbocycles. The van der Waals surface area contributed by atoms with Gasteiger partial charge in [0.2, 0.25) is 0 Å². The Hall–Kier alpha value is -1.30. The summed E-state index contributed by atoms with van der Waals surface area (Å²) in [4.78, 5) is 27.1. The van der Waals surface area contributed by atoms with E-state index in [4.69, 9.17) is 0 Å². The minimum absolute atomic E-state index is 0.128. The van der Waals surface area contributed by atoms with Gasteiger partial charge in [0, 0.05) is 25.6 Å². The van der Waals surface area contributed by atoms with Crippen LogP contribution in [0.4, 0.5) is 4.79 Å². The molecule has 2 N–H and O–H groups in total. The normalized spacial score (nSPS) is 31.2. The molecule has 6 nitrogen and oxygen atoms in total. The highest BCUT2D eigenvalue weighted by atomic mass is 16.4. The number of nitrogens with zero attached hydrogens (tertiary/aromatic N) is 2. The SMILES string of the molecule is CCC1CCCCCN1C(=O)N1C[C@H](O)C[C@@H]1C(=O)O. The lowest BCUT2D eigenvalue weighted by atomic mass is 10.1. The van der Waals surface area contributed by atoms with Crippen molar-refractivity contribution in [2.24, 2.45) is 0 Å². The average molecular weight is 284 g/mol. The largest absolute Gasteiger partial charge is 0.480 e. The number of aliphatic hydroxyl groups is 1. The van der Waals surface area contributed by atoms with Crippen LogP contribution in [-0.2, 0) is 4.79 Å². The number of carboxylic acid groups (broad SMARTS) is 1. The molecule has 3 atom stereocenters. The van der Waals surface area contributed by atoms with Crippen molar-refractivity contribution in [3.63, 3.8) is 0 Å². The Balaban J connectivity index is 2.13. The second-order valence-electron chi connectivity index (χ2n) is 5.78. The average Bonchev–Trinajstić information content (AvgIpc) is 2.67. The van der Waals surface area contributed by atoms with E-state index < -0.39 is 18.1 Å². The molecule has 2 rings (SSSR count). The van der Waals surface area contributed by atoms with E-state index >= 15 is 0 Å². The van der Waals surface area contributed by atoms with Gasteiger partial charge in [0.25, 0.3) is 0 Å². The zero-order chi connectivity index (χ0) is 14.7. The number of likely N-dealkylation sites (tertiary alicyclic amines) is 2. The number of carbonyl (C=O) groups is 2. The molecule has 0 aromatic rings. The van der Waals surface area contributed by atoms with Crippen LogP contribution in [0.1, 0.15) is 45.4 Å². The summed E-state index contributed by atoms with van der Waals surface area (Å²) < 4.78 is 0. The number of hydrogen-bond donors (Lipinski definition) is 2. The van der Waals surface area contributed by atoms with Gasteiger partial charge >= 0.3 is 12.0 Å². The van der Waals surface area contributed by atoms with Crippen molar-refractivity contribution >= 4 is 12.0 Å². The number of amides is 2. The third-order valence-electron chi connectivity index (χ3n) is 4.40. The highest BCUT2D eigenvalue weighted by Gasteiger charge is 2.41. The molecule has 2 heterocycles. The first-order valence-corrected chi connectivity index (χ1v) is 7.52. The minimum Gasteiger partial charge on any atom is -0.480 e. The van der Waals surface area contributed by atoms with Crippen molar-refractivity contribution in [2.75, 3.05) is 13.1 Å². The summed E-state index contributed by atoms with van der Waals surface area (Å²) in [5.41, 5.74) is 0. The van der Waals surface area contributed by atoms with Gasteiger partial charge in [0.1, 0.15) is 6.04 Å². The molecule has 114 valence electrons. The van der Waals surface area contributed by atoms with Crippen molar-refractivity contribution < 1.29 is 19.8 Å². The van der Waals surface area contributed by atoms with Crippen LogP contribution < -0.4 is 0 Å². The first-order chi connectivity index (χ1) is 9.54. The van der Waals surface area contributed by atoms with Gasteiger partial charge in [-0.05, 0) is 19.3 Å². The summed E-state index contributed by atoms with van der Waals surface area (Å²) in [6.07, 6.45) is 4.48. The number of rotatable bonds is 2. The van der Waals surface area contributed by atoms with Gasteiger partial charge in [-0.1, -0.05) is 19.8 Å². The number of aliphatic carboxylic acids is 1. The molecule has 0 aliphatic carbocycles. The van der Waals surface area contributed by atoms with Gasteiger partial charge in [0.05, 0.1) is 6.10 Å². The van der Waals surface area contributed by atoms with Crippen molar-refractivity contribution in [3.05, 3.63) is 0 Å². The predicted octanol–water partition coefficient (Wildman–Crippen LogP) is 1.28. The maximum Gasteiger partial charge on any atom is 0.326 e. The van der Waals surface area contributed by atoms with E-state index in [1.54, 1.807) is 0 Å². The zero-order valence-electron chi connectivity index (χ0n) is 12.0. The van der Waals surface area contributed by atoms with E-state index in [1.807, 2.05) is 4.90 Å². The number of β-amino-alcohol motifs (C(OH)–C–C–N with tert-alkyl or cyclic N) is 1. The Bertz CT molecular complexity index is 374. The van der Waals surface area contributed by atoms with Gasteiger partial charge < -0.3 is 20.0 Å². The first-order valence-electron chi connectivity index (χ1n) is 7.52.